The van der Waals surface area contributed by atoms with Gasteiger partial charge in [-0.3, -0.25) is 0 Å². The third-order valence-corrected chi connectivity index (χ3v) is 1.79. The molecule has 1 heterocycles. The molecular formula is C4H6B2S. The van der Waals surface area contributed by atoms with Gasteiger partial charge in [0.05, 0.1) is 0 Å². The fourth-order valence-corrected chi connectivity index (χ4v) is 1.34. The van der Waals surface area contributed by atoms with E-state index < -0.39 is 0 Å². The van der Waals surface area contributed by atoms with Crippen molar-refractivity contribution in [3.8, 4) is 0 Å². The van der Waals surface area contributed by atoms with E-state index in [1.54, 1.807) is 0 Å². The van der Waals surface area contributed by atoms with Gasteiger partial charge in [-0.25, -0.2) is 0 Å². The largest absolute Gasteiger partial charge is 0.167 e. The second-order valence-corrected chi connectivity index (χ2v) is 3.15. The van der Waals surface area contributed by atoms with E-state index in [0.717, 1.165) is 0 Å². The second-order valence-electron chi connectivity index (χ2n) is 1.66. The third kappa shape index (κ3) is 1.10. The van der Waals surface area contributed by atoms with E-state index in [0.29, 0.717) is 0 Å². The van der Waals surface area contributed by atoms with Crippen molar-refractivity contribution in [1.82, 2.24) is 0 Å². The molecule has 0 fully saturated rings. The molecule has 34 valence electrons. The normalized spacial score (nSPS) is 9.14. The Morgan fingerprint density at radius 3 is 1.71 bits per heavy atom. The highest BCUT2D eigenvalue weighted by Gasteiger charge is 1.84. The molecule has 0 aliphatic heterocycles. The summed E-state index contributed by atoms with van der Waals surface area (Å²) in [6.07, 6.45) is 0. The fraction of sp³-hybridized carbons (Fsp3) is 0. The van der Waals surface area contributed by atoms with Crippen LogP contribution in [0.3, 0.4) is 0 Å². The zero-order chi connectivity index (χ0) is 5.28. The average Bonchev–Trinajstić information content (AvgIpc) is 1.87. The van der Waals surface area contributed by atoms with E-state index in [9.17, 15) is 0 Å². The lowest BCUT2D eigenvalue weighted by molar-refractivity contribution is 2.13. The highest BCUT2D eigenvalue weighted by molar-refractivity contribution is 7.26. The van der Waals surface area contributed by atoms with Crippen molar-refractivity contribution < 1.29 is 0 Å². The summed E-state index contributed by atoms with van der Waals surface area (Å²) in [5, 5.41) is 0. The van der Waals surface area contributed by atoms with Crippen LogP contribution in [0.1, 0.15) is 0 Å². The molecule has 0 bridgehead atoms. The van der Waals surface area contributed by atoms with E-state index >= 15 is 0 Å². The minimum absolute atomic E-state index is 1.40. The molecule has 0 saturated heterocycles. The van der Waals surface area contributed by atoms with Gasteiger partial charge in [-0.05, 0) is 9.55 Å². The van der Waals surface area contributed by atoms with Gasteiger partial charge in [0.1, 0.15) is 0 Å². The lowest BCUT2D eigenvalue weighted by Crippen LogP contribution is -1.94. The van der Waals surface area contributed by atoms with Gasteiger partial charge in [0.2, 0.25) is 0 Å². The molecule has 0 atom stereocenters. The number of hydrogen-bond donors (Lipinski definition) is 0. The molecule has 0 unspecified atom stereocenters. The zero-order valence-corrected chi connectivity index (χ0v) is 5.38. The standard InChI is InChI=1S/C4H6B2S/c5-3-1-2-4(6)7-3/h1-2H,5-6H2. The van der Waals surface area contributed by atoms with E-state index in [2.05, 4.69) is 27.8 Å². The first-order chi connectivity index (χ1) is 3.29. The Morgan fingerprint density at radius 2 is 1.57 bits per heavy atom. The molecule has 0 nitrogen and oxygen atoms in total. The van der Waals surface area contributed by atoms with Crippen molar-refractivity contribution in [2.45, 2.75) is 0 Å². The van der Waals surface area contributed by atoms with E-state index in [-0.39, 0.29) is 0 Å². The van der Waals surface area contributed by atoms with Crippen molar-refractivity contribution in [3.05, 3.63) is 12.1 Å². The van der Waals surface area contributed by atoms with Crippen molar-refractivity contribution >= 4 is 36.6 Å². The van der Waals surface area contributed by atoms with Crippen LogP contribution in [0.15, 0.2) is 12.1 Å². The molecular weight excluding hydrogens is 102 g/mol. The quantitative estimate of drug-likeness (QED) is 0.346. The Balaban J connectivity index is 3.04. The lowest BCUT2D eigenvalue weighted by Gasteiger charge is -1.71. The van der Waals surface area contributed by atoms with Gasteiger partial charge in [-0.2, -0.15) is 11.3 Å². The summed E-state index contributed by atoms with van der Waals surface area (Å²) in [6.45, 7) is 0. The first-order valence-corrected chi connectivity index (χ1v) is 3.14. The van der Waals surface area contributed by atoms with E-state index in [4.69, 9.17) is 0 Å². The minimum Gasteiger partial charge on any atom is -0.167 e. The van der Waals surface area contributed by atoms with E-state index in [1.807, 2.05) is 11.3 Å². The molecule has 0 aliphatic rings. The fourth-order valence-electron chi connectivity index (χ4n) is 0.557. The monoisotopic (exact) mass is 108 g/mol. The van der Waals surface area contributed by atoms with Crippen molar-refractivity contribution in [3.63, 3.8) is 0 Å². The van der Waals surface area contributed by atoms with Crippen LogP contribution in [0, 0.1) is 0 Å². The Labute approximate surface area is 49.4 Å². The summed E-state index contributed by atoms with van der Waals surface area (Å²) < 4.78 is 2.80. The molecule has 0 N–H and O–H groups in total. The van der Waals surface area contributed by atoms with Crippen LogP contribution in [0.25, 0.3) is 0 Å². The van der Waals surface area contributed by atoms with Gasteiger partial charge in [0.15, 0.2) is 15.7 Å². The van der Waals surface area contributed by atoms with Gasteiger partial charge in [0.25, 0.3) is 0 Å². The second kappa shape index (κ2) is 1.74. The molecule has 0 amide bonds. The first kappa shape index (κ1) is 4.98. The molecule has 0 spiro atoms. The summed E-state index contributed by atoms with van der Waals surface area (Å²) in [4.78, 5) is 0. The molecule has 1 aromatic rings. The first-order valence-electron chi connectivity index (χ1n) is 2.32. The number of hydrogen-bond acceptors (Lipinski definition) is 1. The predicted octanol–water partition coefficient (Wildman–Crippen LogP) is -1.74. The highest BCUT2D eigenvalue weighted by Crippen LogP contribution is 1.82. The van der Waals surface area contributed by atoms with Crippen molar-refractivity contribution in [2.24, 2.45) is 0 Å². The maximum atomic E-state index is 2.14. The molecule has 0 saturated carbocycles. The minimum atomic E-state index is 1.40. The molecule has 0 aromatic carbocycles. The van der Waals surface area contributed by atoms with Gasteiger partial charge in [-0.1, -0.05) is 12.1 Å². The predicted molar refractivity (Wildman–Crippen MR) is 40.7 cm³/mol. The summed E-state index contributed by atoms with van der Waals surface area (Å²) in [6, 6.07) is 4.28. The topological polar surface area (TPSA) is 0 Å². The lowest BCUT2D eigenvalue weighted by atomic mass is 10.1. The van der Waals surface area contributed by atoms with Crippen LogP contribution in [-0.4, -0.2) is 15.7 Å². The smallest absolute Gasteiger partial charge is 0.152 e. The molecule has 0 aliphatic carbocycles. The Morgan fingerprint density at radius 1 is 1.14 bits per heavy atom. The summed E-state index contributed by atoms with van der Waals surface area (Å²) >= 11 is 1.84. The molecule has 1 aromatic heterocycles. The Hall–Kier alpha value is -0.170. The summed E-state index contributed by atoms with van der Waals surface area (Å²) in [7, 11) is 4.25. The number of rotatable bonds is 0. The maximum Gasteiger partial charge on any atom is 0.152 e. The SMILES string of the molecule is Bc1ccc(B)s1. The molecule has 3 heteroatoms. The molecule has 7 heavy (non-hydrogen) atoms. The maximum absolute atomic E-state index is 2.14. The van der Waals surface area contributed by atoms with Crippen LogP contribution >= 0.6 is 11.3 Å². The number of thiophene rings is 1. The van der Waals surface area contributed by atoms with Crippen LogP contribution in [0.5, 0.6) is 0 Å². The van der Waals surface area contributed by atoms with Gasteiger partial charge in [-0.15, -0.1) is 0 Å². The van der Waals surface area contributed by atoms with Crippen molar-refractivity contribution in [2.75, 3.05) is 0 Å². The van der Waals surface area contributed by atoms with Crippen molar-refractivity contribution in [1.29, 1.82) is 0 Å². The third-order valence-electron chi connectivity index (χ3n) is 0.875. The van der Waals surface area contributed by atoms with Gasteiger partial charge < -0.3 is 0 Å². The summed E-state index contributed by atoms with van der Waals surface area (Å²) in [5.74, 6) is 0. The van der Waals surface area contributed by atoms with Gasteiger partial charge >= 0.3 is 0 Å². The Bertz CT molecular complexity index is 142. The highest BCUT2D eigenvalue weighted by atomic mass is 32.1. The van der Waals surface area contributed by atoms with Crippen LogP contribution in [0.2, 0.25) is 0 Å². The molecule has 1 rings (SSSR count). The van der Waals surface area contributed by atoms with E-state index in [1.165, 1.54) is 9.55 Å². The molecule has 0 radical (unpaired) electrons. The summed E-state index contributed by atoms with van der Waals surface area (Å²) in [5.41, 5.74) is 0. The van der Waals surface area contributed by atoms with Crippen LogP contribution in [-0.2, 0) is 0 Å². The zero-order valence-electron chi connectivity index (χ0n) is 4.56. The van der Waals surface area contributed by atoms with Gasteiger partial charge in [0, 0.05) is 0 Å². The van der Waals surface area contributed by atoms with Crippen LogP contribution < -0.4 is 9.55 Å². The van der Waals surface area contributed by atoms with Crippen LogP contribution in [0.4, 0.5) is 0 Å². The Kier molecular flexibility index (Phi) is 1.24. The average molecular weight is 108 g/mol.